The predicted octanol–water partition coefficient (Wildman–Crippen LogP) is 0.706. The SMILES string of the molecule is NC(CCCNC(CO)Cc1ccccc1)=NO. The maximum atomic E-state index is 9.29. The zero-order chi connectivity index (χ0) is 13.2. The Bertz CT molecular complexity index is 355. The molecule has 0 radical (unpaired) electrons. The molecule has 5 heteroatoms. The third-order valence-corrected chi connectivity index (χ3v) is 2.72. The lowest BCUT2D eigenvalue weighted by Gasteiger charge is -2.16. The van der Waals surface area contributed by atoms with E-state index in [0.717, 1.165) is 19.4 Å². The van der Waals surface area contributed by atoms with Gasteiger partial charge in [0.2, 0.25) is 0 Å². The summed E-state index contributed by atoms with van der Waals surface area (Å²) in [6, 6.07) is 10.1. The van der Waals surface area contributed by atoms with E-state index in [1.54, 1.807) is 0 Å². The van der Waals surface area contributed by atoms with E-state index >= 15 is 0 Å². The second-order valence-electron chi connectivity index (χ2n) is 4.22. The van der Waals surface area contributed by atoms with Gasteiger partial charge in [-0.15, -0.1) is 0 Å². The van der Waals surface area contributed by atoms with Gasteiger partial charge in [0, 0.05) is 12.5 Å². The second kappa shape index (κ2) is 8.49. The van der Waals surface area contributed by atoms with Crippen LogP contribution in [-0.2, 0) is 6.42 Å². The first-order chi connectivity index (χ1) is 8.76. The van der Waals surface area contributed by atoms with Crippen molar-refractivity contribution in [2.24, 2.45) is 10.9 Å². The van der Waals surface area contributed by atoms with Gasteiger partial charge in [-0.25, -0.2) is 0 Å². The Morgan fingerprint density at radius 3 is 2.67 bits per heavy atom. The average Bonchev–Trinajstić information content (AvgIpc) is 2.43. The number of nitrogens with one attached hydrogen (secondary N) is 1. The van der Waals surface area contributed by atoms with Crippen LogP contribution in [0.2, 0.25) is 0 Å². The number of hydrogen-bond donors (Lipinski definition) is 4. The van der Waals surface area contributed by atoms with Crippen molar-refractivity contribution in [1.82, 2.24) is 5.32 Å². The zero-order valence-electron chi connectivity index (χ0n) is 10.4. The number of nitrogens with zero attached hydrogens (tertiary/aromatic N) is 1. The number of aliphatic hydroxyl groups excluding tert-OH is 1. The van der Waals surface area contributed by atoms with Gasteiger partial charge >= 0.3 is 0 Å². The first-order valence-electron chi connectivity index (χ1n) is 6.11. The molecule has 0 saturated carbocycles. The van der Waals surface area contributed by atoms with Gasteiger partial charge in [0.05, 0.1) is 6.61 Å². The quantitative estimate of drug-likeness (QED) is 0.180. The van der Waals surface area contributed by atoms with Crippen LogP contribution in [-0.4, -0.2) is 35.3 Å². The number of rotatable bonds is 8. The highest BCUT2D eigenvalue weighted by atomic mass is 16.4. The lowest BCUT2D eigenvalue weighted by atomic mass is 10.1. The van der Waals surface area contributed by atoms with E-state index in [9.17, 15) is 5.11 Å². The summed E-state index contributed by atoms with van der Waals surface area (Å²) in [5.74, 6) is 0.236. The summed E-state index contributed by atoms with van der Waals surface area (Å²) in [6.45, 7) is 0.826. The molecule has 0 heterocycles. The summed E-state index contributed by atoms with van der Waals surface area (Å²) in [7, 11) is 0. The van der Waals surface area contributed by atoms with Crippen LogP contribution in [0.4, 0.5) is 0 Å². The first kappa shape index (κ1) is 14.5. The van der Waals surface area contributed by atoms with Crippen LogP contribution in [0.3, 0.4) is 0 Å². The molecule has 0 aliphatic carbocycles. The van der Waals surface area contributed by atoms with Crippen molar-refractivity contribution in [3.63, 3.8) is 0 Å². The van der Waals surface area contributed by atoms with Crippen LogP contribution in [0.25, 0.3) is 0 Å². The number of hydrogen-bond acceptors (Lipinski definition) is 4. The lowest BCUT2D eigenvalue weighted by Crippen LogP contribution is -2.35. The molecule has 0 spiro atoms. The van der Waals surface area contributed by atoms with E-state index < -0.39 is 0 Å². The van der Waals surface area contributed by atoms with Gasteiger partial charge < -0.3 is 21.4 Å². The van der Waals surface area contributed by atoms with Gasteiger partial charge in [-0.3, -0.25) is 0 Å². The molecule has 0 bridgehead atoms. The summed E-state index contributed by atoms with van der Waals surface area (Å²) >= 11 is 0. The molecule has 0 fully saturated rings. The van der Waals surface area contributed by atoms with Gasteiger partial charge in [-0.1, -0.05) is 35.5 Å². The van der Waals surface area contributed by atoms with Crippen molar-refractivity contribution in [3.8, 4) is 0 Å². The molecule has 1 atom stereocenters. The molecule has 1 aromatic rings. The molecule has 5 nitrogen and oxygen atoms in total. The normalized spacial score (nSPS) is 13.5. The largest absolute Gasteiger partial charge is 0.409 e. The molecular weight excluding hydrogens is 230 g/mol. The Morgan fingerprint density at radius 2 is 2.06 bits per heavy atom. The van der Waals surface area contributed by atoms with Crippen molar-refractivity contribution < 1.29 is 10.3 Å². The molecule has 0 saturated heterocycles. The van der Waals surface area contributed by atoms with Gasteiger partial charge in [-0.2, -0.15) is 0 Å². The fourth-order valence-electron chi connectivity index (χ4n) is 1.73. The number of benzene rings is 1. The summed E-state index contributed by atoms with van der Waals surface area (Å²) in [5.41, 5.74) is 6.56. The predicted molar refractivity (Wildman–Crippen MR) is 71.7 cm³/mol. The van der Waals surface area contributed by atoms with E-state index in [0.29, 0.717) is 6.42 Å². The topological polar surface area (TPSA) is 90.9 Å². The van der Waals surface area contributed by atoms with Crippen LogP contribution in [0.5, 0.6) is 0 Å². The van der Waals surface area contributed by atoms with Crippen LogP contribution in [0, 0.1) is 0 Å². The summed E-state index contributed by atoms with van der Waals surface area (Å²) in [5, 5.41) is 23.8. The monoisotopic (exact) mass is 251 g/mol. The fourth-order valence-corrected chi connectivity index (χ4v) is 1.73. The molecule has 100 valence electrons. The van der Waals surface area contributed by atoms with Crippen LogP contribution in [0.1, 0.15) is 18.4 Å². The van der Waals surface area contributed by atoms with Crippen LogP contribution in [0.15, 0.2) is 35.5 Å². The number of amidine groups is 1. The highest BCUT2D eigenvalue weighted by Crippen LogP contribution is 2.03. The van der Waals surface area contributed by atoms with Crippen LogP contribution >= 0.6 is 0 Å². The Morgan fingerprint density at radius 1 is 1.33 bits per heavy atom. The standard InChI is InChI=1S/C13H21N3O2/c14-13(16-18)7-4-8-15-12(10-17)9-11-5-2-1-3-6-11/h1-3,5-6,12,15,17-18H,4,7-10H2,(H2,14,16). The van der Waals surface area contributed by atoms with E-state index in [4.69, 9.17) is 10.9 Å². The first-order valence-corrected chi connectivity index (χ1v) is 6.11. The van der Waals surface area contributed by atoms with Crippen molar-refractivity contribution in [2.45, 2.75) is 25.3 Å². The van der Waals surface area contributed by atoms with Crippen molar-refractivity contribution >= 4 is 5.84 Å². The molecule has 0 aliphatic rings. The highest BCUT2D eigenvalue weighted by molar-refractivity contribution is 5.79. The minimum Gasteiger partial charge on any atom is -0.409 e. The number of nitrogens with two attached hydrogens (primary N) is 1. The molecule has 1 unspecified atom stereocenters. The molecule has 0 aromatic heterocycles. The summed E-state index contributed by atoms with van der Waals surface area (Å²) < 4.78 is 0. The molecule has 1 aromatic carbocycles. The maximum Gasteiger partial charge on any atom is 0.139 e. The highest BCUT2D eigenvalue weighted by Gasteiger charge is 2.07. The van der Waals surface area contributed by atoms with Crippen molar-refractivity contribution in [3.05, 3.63) is 35.9 Å². The average molecular weight is 251 g/mol. The van der Waals surface area contributed by atoms with Gasteiger partial charge in [0.1, 0.15) is 5.84 Å². The molecular formula is C13H21N3O2. The van der Waals surface area contributed by atoms with E-state index in [1.807, 2.05) is 30.3 Å². The number of oxime groups is 1. The van der Waals surface area contributed by atoms with Crippen molar-refractivity contribution in [2.75, 3.05) is 13.2 Å². The second-order valence-corrected chi connectivity index (χ2v) is 4.22. The molecule has 0 aliphatic heterocycles. The van der Waals surface area contributed by atoms with Gasteiger partial charge in [-0.05, 0) is 24.9 Å². The van der Waals surface area contributed by atoms with Gasteiger partial charge in [0.15, 0.2) is 0 Å². The summed E-state index contributed by atoms with van der Waals surface area (Å²) in [4.78, 5) is 0. The Labute approximate surface area is 107 Å². The number of aliphatic hydroxyl groups is 1. The fraction of sp³-hybridized carbons (Fsp3) is 0.462. The van der Waals surface area contributed by atoms with E-state index in [1.165, 1.54) is 5.56 Å². The van der Waals surface area contributed by atoms with E-state index in [2.05, 4.69) is 10.5 Å². The van der Waals surface area contributed by atoms with Crippen LogP contribution < -0.4 is 11.1 Å². The minimum absolute atomic E-state index is 0.0414. The zero-order valence-corrected chi connectivity index (χ0v) is 10.4. The van der Waals surface area contributed by atoms with Gasteiger partial charge in [0.25, 0.3) is 0 Å². The smallest absolute Gasteiger partial charge is 0.139 e. The Balaban J connectivity index is 2.26. The molecule has 0 amide bonds. The van der Waals surface area contributed by atoms with E-state index in [-0.39, 0.29) is 18.5 Å². The Kier molecular flexibility index (Phi) is 6.83. The Hall–Kier alpha value is -1.59. The summed E-state index contributed by atoms with van der Waals surface area (Å²) in [6.07, 6.45) is 2.12. The third-order valence-electron chi connectivity index (χ3n) is 2.72. The molecule has 5 N–H and O–H groups in total. The minimum atomic E-state index is 0.0414. The third kappa shape index (κ3) is 5.65. The molecule has 18 heavy (non-hydrogen) atoms. The lowest BCUT2D eigenvalue weighted by molar-refractivity contribution is 0.241. The maximum absolute atomic E-state index is 9.29. The van der Waals surface area contributed by atoms with Crippen molar-refractivity contribution in [1.29, 1.82) is 0 Å². The molecule has 1 rings (SSSR count).